The standard InChI is InChI=1S/C24H24N4O4/c1-31-20-10-6-5-9-18(20)24(30)28-14-13-27(23(29)17-11-12-17)15-19(28)22-25-21(26-32-22)16-7-3-2-4-8-16/h2-10,17,19H,11-15H2,1H3. The molecule has 2 heterocycles. The summed E-state index contributed by atoms with van der Waals surface area (Å²) in [5.74, 6) is 1.34. The first kappa shape index (κ1) is 20.2. The number of piperazine rings is 1. The molecule has 0 N–H and O–H groups in total. The minimum absolute atomic E-state index is 0.106. The Morgan fingerprint density at radius 3 is 2.53 bits per heavy atom. The monoisotopic (exact) mass is 432 g/mol. The van der Waals surface area contributed by atoms with Gasteiger partial charge in [0.15, 0.2) is 0 Å². The van der Waals surface area contributed by atoms with Gasteiger partial charge >= 0.3 is 0 Å². The fourth-order valence-corrected chi connectivity index (χ4v) is 4.08. The van der Waals surface area contributed by atoms with Crippen LogP contribution in [0.4, 0.5) is 0 Å². The molecule has 1 aliphatic heterocycles. The number of rotatable bonds is 5. The summed E-state index contributed by atoms with van der Waals surface area (Å²) in [6.45, 7) is 1.18. The molecule has 1 atom stereocenters. The third-order valence-corrected chi connectivity index (χ3v) is 5.98. The third-order valence-electron chi connectivity index (χ3n) is 5.98. The average molecular weight is 432 g/mol. The highest BCUT2D eigenvalue weighted by Crippen LogP contribution is 2.35. The number of hydrogen-bond donors (Lipinski definition) is 0. The van der Waals surface area contributed by atoms with Gasteiger partial charge in [-0.25, -0.2) is 0 Å². The lowest BCUT2D eigenvalue weighted by Crippen LogP contribution is -2.52. The Morgan fingerprint density at radius 2 is 1.78 bits per heavy atom. The molecule has 2 amide bonds. The second kappa shape index (κ2) is 8.45. The summed E-state index contributed by atoms with van der Waals surface area (Å²) in [5.41, 5.74) is 1.29. The first-order chi connectivity index (χ1) is 15.7. The van der Waals surface area contributed by atoms with Crippen molar-refractivity contribution in [2.75, 3.05) is 26.7 Å². The van der Waals surface area contributed by atoms with Crippen molar-refractivity contribution in [1.82, 2.24) is 19.9 Å². The molecule has 8 nitrogen and oxygen atoms in total. The van der Waals surface area contributed by atoms with Gasteiger partial charge in [0, 0.05) is 24.6 Å². The normalized spacial score (nSPS) is 18.5. The quantitative estimate of drug-likeness (QED) is 0.615. The van der Waals surface area contributed by atoms with E-state index in [-0.39, 0.29) is 17.7 Å². The second-order valence-corrected chi connectivity index (χ2v) is 8.10. The van der Waals surface area contributed by atoms with Crippen LogP contribution in [-0.2, 0) is 4.79 Å². The van der Waals surface area contributed by atoms with Gasteiger partial charge in [0.2, 0.25) is 11.7 Å². The maximum Gasteiger partial charge on any atom is 0.258 e. The Morgan fingerprint density at radius 1 is 1.03 bits per heavy atom. The Balaban J connectivity index is 1.47. The lowest BCUT2D eigenvalue weighted by atomic mass is 10.1. The lowest BCUT2D eigenvalue weighted by molar-refractivity contribution is -0.135. The number of hydrogen-bond acceptors (Lipinski definition) is 6. The van der Waals surface area contributed by atoms with Crippen LogP contribution in [0.3, 0.4) is 0 Å². The van der Waals surface area contributed by atoms with Crippen molar-refractivity contribution in [3.63, 3.8) is 0 Å². The average Bonchev–Trinajstić information content (AvgIpc) is 3.59. The predicted octanol–water partition coefficient (Wildman–Crippen LogP) is 3.18. The topological polar surface area (TPSA) is 88.8 Å². The molecule has 0 spiro atoms. The molecule has 8 heteroatoms. The molecule has 2 fully saturated rings. The number of ether oxygens (including phenoxy) is 1. The van der Waals surface area contributed by atoms with Crippen LogP contribution < -0.4 is 4.74 Å². The van der Waals surface area contributed by atoms with Crippen LogP contribution in [-0.4, -0.2) is 58.5 Å². The van der Waals surface area contributed by atoms with E-state index in [0.29, 0.717) is 42.7 Å². The van der Waals surface area contributed by atoms with Crippen LogP contribution in [0.15, 0.2) is 59.1 Å². The van der Waals surface area contributed by atoms with E-state index in [1.807, 2.05) is 41.3 Å². The van der Waals surface area contributed by atoms with E-state index in [1.165, 1.54) is 0 Å². The fourth-order valence-electron chi connectivity index (χ4n) is 4.08. The maximum absolute atomic E-state index is 13.5. The maximum atomic E-state index is 13.5. The van der Waals surface area contributed by atoms with Crippen LogP contribution in [0.1, 0.15) is 35.1 Å². The zero-order valence-corrected chi connectivity index (χ0v) is 17.8. The number of aromatic nitrogens is 2. The van der Waals surface area contributed by atoms with Crippen molar-refractivity contribution in [3.05, 3.63) is 66.1 Å². The number of carbonyl (C=O) groups excluding carboxylic acids is 2. The number of methoxy groups -OCH3 is 1. The number of para-hydroxylation sites is 1. The van der Waals surface area contributed by atoms with E-state index in [2.05, 4.69) is 10.1 Å². The Kier molecular flexibility index (Phi) is 5.34. The highest BCUT2D eigenvalue weighted by Gasteiger charge is 2.41. The van der Waals surface area contributed by atoms with Crippen LogP contribution in [0.5, 0.6) is 5.75 Å². The highest BCUT2D eigenvalue weighted by molar-refractivity contribution is 5.97. The lowest BCUT2D eigenvalue weighted by Gasteiger charge is -2.40. The van der Waals surface area contributed by atoms with E-state index < -0.39 is 6.04 Å². The van der Waals surface area contributed by atoms with Crippen molar-refractivity contribution >= 4 is 11.8 Å². The number of nitrogens with zero attached hydrogens (tertiary/aromatic N) is 4. The number of benzene rings is 2. The van der Waals surface area contributed by atoms with E-state index >= 15 is 0 Å². The van der Waals surface area contributed by atoms with Gasteiger partial charge in [-0.2, -0.15) is 4.98 Å². The zero-order chi connectivity index (χ0) is 22.1. The van der Waals surface area contributed by atoms with Gasteiger partial charge in [-0.15, -0.1) is 0 Å². The first-order valence-corrected chi connectivity index (χ1v) is 10.8. The summed E-state index contributed by atoms with van der Waals surface area (Å²) >= 11 is 0. The van der Waals surface area contributed by atoms with Gasteiger partial charge in [0.1, 0.15) is 11.8 Å². The van der Waals surface area contributed by atoms with Crippen LogP contribution in [0, 0.1) is 5.92 Å². The van der Waals surface area contributed by atoms with Gasteiger partial charge < -0.3 is 19.1 Å². The number of amides is 2. The van der Waals surface area contributed by atoms with E-state index in [1.54, 1.807) is 30.2 Å². The molecule has 1 saturated heterocycles. The third kappa shape index (κ3) is 3.84. The Hall–Kier alpha value is -3.68. The number of carbonyl (C=O) groups is 2. The molecule has 1 saturated carbocycles. The molecule has 164 valence electrons. The molecule has 0 radical (unpaired) electrons. The molecule has 32 heavy (non-hydrogen) atoms. The summed E-state index contributed by atoms with van der Waals surface area (Å²) in [4.78, 5) is 34.4. The van der Waals surface area contributed by atoms with Gasteiger partial charge in [-0.05, 0) is 25.0 Å². The molecule has 0 bridgehead atoms. The second-order valence-electron chi connectivity index (χ2n) is 8.10. The molecule has 1 unspecified atom stereocenters. The summed E-state index contributed by atoms with van der Waals surface area (Å²) in [7, 11) is 1.54. The zero-order valence-electron chi connectivity index (χ0n) is 17.8. The van der Waals surface area contributed by atoms with E-state index in [9.17, 15) is 9.59 Å². The smallest absolute Gasteiger partial charge is 0.258 e. The van der Waals surface area contributed by atoms with Crippen LogP contribution in [0.25, 0.3) is 11.4 Å². The fraction of sp³-hybridized carbons (Fsp3) is 0.333. The van der Waals surface area contributed by atoms with Gasteiger partial charge in [-0.3, -0.25) is 9.59 Å². The van der Waals surface area contributed by atoms with E-state index in [0.717, 1.165) is 18.4 Å². The van der Waals surface area contributed by atoms with Gasteiger partial charge in [-0.1, -0.05) is 47.6 Å². The first-order valence-electron chi connectivity index (χ1n) is 10.8. The van der Waals surface area contributed by atoms with Crippen molar-refractivity contribution in [2.45, 2.75) is 18.9 Å². The molecule has 2 aliphatic rings. The summed E-state index contributed by atoms with van der Waals surface area (Å²) in [6, 6.07) is 16.1. The summed E-state index contributed by atoms with van der Waals surface area (Å²) in [5, 5.41) is 4.13. The van der Waals surface area contributed by atoms with Gasteiger partial charge in [0.05, 0.1) is 19.2 Å². The summed E-state index contributed by atoms with van der Waals surface area (Å²) in [6.07, 6.45) is 1.87. The minimum Gasteiger partial charge on any atom is -0.496 e. The van der Waals surface area contributed by atoms with Crippen molar-refractivity contribution in [2.24, 2.45) is 5.92 Å². The SMILES string of the molecule is COc1ccccc1C(=O)N1CCN(C(=O)C2CC2)CC1c1nc(-c2ccccc2)no1. The molecule has 2 aromatic carbocycles. The Bertz CT molecular complexity index is 1130. The van der Waals surface area contributed by atoms with Crippen molar-refractivity contribution in [1.29, 1.82) is 0 Å². The Labute approximate surface area is 185 Å². The molecule has 1 aromatic heterocycles. The van der Waals surface area contributed by atoms with Crippen molar-refractivity contribution < 1.29 is 18.8 Å². The minimum atomic E-state index is -0.533. The predicted molar refractivity (Wildman–Crippen MR) is 116 cm³/mol. The van der Waals surface area contributed by atoms with Crippen LogP contribution in [0.2, 0.25) is 0 Å². The highest BCUT2D eigenvalue weighted by atomic mass is 16.5. The largest absolute Gasteiger partial charge is 0.496 e. The summed E-state index contributed by atoms with van der Waals surface area (Å²) < 4.78 is 11.0. The van der Waals surface area contributed by atoms with Crippen LogP contribution >= 0.6 is 0 Å². The molecule has 5 rings (SSSR count). The molecule has 3 aromatic rings. The molecular weight excluding hydrogens is 408 g/mol. The molecular formula is C24H24N4O4. The molecule has 1 aliphatic carbocycles. The van der Waals surface area contributed by atoms with E-state index in [4.69, 9.17) is 9.26 Å². The van der Waals surface area contributed by atoms with Crippen molar-refractivity contribution in [3.8, 4) is 17.1 Å². The van der Waals surface area contributed by atoms with Gasteiger partial charge in [0.25, 0.3) is 11.8 Å².